The van der Waals surface area contributed by atoms with Crippen LogP contribution in [0.5, 0.6) is 0 Å². The number of amides is 1. The highest BCUT2D eigenvalue weighted by Gasteiger charge is 2.31. The minimum Gasteiger partial charge on any atom is -0.355 e. The number of benzene rings is 1. The summed E-state index contributed by atoms with van der Waals surface area (Å²) in [6.07, 6.45) is 4.63. The maximum absolute atomic E-state index is 12.6. The molecular weight excluding hydrogens is 318 g/mol. The predicted molar refractivity (Wildman–Crippen MR) is 91.5 cm³/mol. The molecule has 124 valence electrons. The Morgan fingerprint density at radius 2 is 2.24 bits per heavy atom. The molecule has 1 amide bonds. The number of aliphatic hydroxyl groups is 1. The summed E-state index contributed by atoms with van der Waals surface area (Å²) < 4.78 is 0. The van der Waals surface area contributed by atoms with Crippen LogP contribution in [0, 0.1) is 11.3 Å². The first-order valence-corrected chi connectivity index (χ1v) is 7.77. The van der Waals surface area contributed by atoms with Gasteiger partial charge in [0, 0.05) is 23.9 Å². The van der Waals surface area contributed by atoms with Gasteiger partial charge in [0.2, 0.25) is 6.35 Å². The Labute approximate surface area is 144 Å². The van der Waals surface area contributed by atoms with Crippen molar-refractivity contribution in [1.29, 1.82) is 5.26 Å². The Kier molecular flexibility index (Phi) is 3.41. The zero-order valence-corrected chi connectivity index (χ0v) is 13.3. The lowest BCUT2D eigenvalue weighted by Gasteiger charge is -2.22. The number of hydrogen-bond acceptors (Lipinski definition) is 6. The Bertz CT molecular complexity index is 922. The molecule has 25 heavy (non-hydrogen) atoms. The van der Waals surface area contributed by atoms with Crippen molar-refractivity contribution in [3.8, 4) is 6.07 Å². The van der Waals surface area contributed by atoms with Crippen LogP contribution in [-0.4, -0.2) is 39.5 Å². The van der Waals surface area contributed by atoms with Crippen molar-refractivity contribution in [2.24, 2.45) is 5.10 Å². The predicted octanol–water partition coefficient (Wildman–Crippen LogP) is 1.13. The first-order valence-electron chi connectivity index (χ1n) is 7.77. The minimum atomic E-state index is -0.899. The molecule has 1 unspecified atom stereocenters. The number of nitrogens with one attached hydrogen (secondary N) is 1. The molecule has 0 fully saturated rings. The van der Waals surface area contributed by atoms with E-state index >= 15 is 0 Å². The van der Waals surface area contributed by atoms with E-state index in [-0.39, 0.29) is 12.5 Å². The number of allylic oxidation sites excluding steroid dienone is 2. The molecule has 0 bridgehead atoms. The number of nitriles is 1. The van der Waals surface area contributed by atoms with Gasteiger partial charge < -0.3 is 10.0 Å². The zero-order valence-electron chi connectivity index (χ0n) is 13.3. The number of nitrogens with zero attached hydrogens (tertiary/aromatic N) is 4. The van der Waals surface area contributed by atoms with E-state index in [1.54, 1.807) is 22.1 Å². The number of carbonyl (C=O) groups excluding carboxylic acids is 1. The Morgan fingerprint density at radius 1 is 1.44 bits per heavy atom. The van der Waals surface area contributed by atoms with Gasteiger partial charge in [-0.2, -0.15) is 10.4 Å². The van der Waals surface area contributed by atoms with Gasteiger partial charge in [0.25, 0.3) is 5.91 Å². The SMILES string of the molecule is C=C(C#N)CN1Cc2c(cccc2C2=CN3C(=NNC3O)C=C2)C1=O. The summed E-state index contributed by atoms with van der Waals surface area (Å²) in [5.41, 5.74) is 6.30. The third-order valence-electron chi connectivity index (χ3n) is 4.41. The number of rotatable bonds is 3. The van der Waals surface area contributed by atoms with Crippen LogP contribution in [0.4, 0.5) is 0 Å². The lowest BCUT2D eigenvalue weighted by atomic mass is 9.96. The van der Waals surface area contributed by atoms with Crippen molar-refractivity contribution in [1.82, 2.24) is 15.2 Å². The van der Waals surface area contributed by atoms with E-state index in [0.717, 1.165) is 16.7 Å². The number of amidine groups is 1. The van der Waals surface area contributed by atoms with Gasteiger partial charge >= 0.3 is 0 Å². The molecule has 1 aromatic rings. The normalized spacial score (nSPS) is 20.5. The lowest BCUT2D eigenvalue weighted by molar-refractivity contribution is 0.0676. The van der Waals surface area contributed by atoms with Crippen molar-refractivity contribution >= 4 is 17.3 Å². The van der Waals surface area contributed by atoms with Crippen molar-refractivity contribution in [3.05, 3.63) is 65.4 Å². The van der Waals surface area contributed by atoms with E-state index in [4.69, 9.17) is 5.26 Å². The van der Waals surface area contributed by atoms with Gasteiger partial charge in [-0.15, -0.1) is 0 Å². The molecule has 0 saturated heterocycles. The van der Waals surface area contributed by atoms with E-state index in [9.17, 15) is 9.90 Å². The van der Waals surface area contributed by atoms with E-state index in [1.807, 2.05) is 30.4 Å². The van der Waals surface area contributed by atoms with Crippen molar-refractivity contribution in [2.75, 3.05) is 6.54 Å². The summed E-state index contributed by atoms with van der Waals surface area (Å²) in [5, 5.41) is 22.8. The summed E-state index contributed by atoms with van der Waals surface area (Å²) >= 11 is 0. The zero-order chi connectivity index (χ0) is 17.6. The van der Waals surface area contributed by atoms with Gasteiger partial charge in [0.15, 0.2) is 5.84 Å². The fraction of sp³-hybridized carbons (Fsp3) is 0.167. The molecule has 0 radical (unpaired) electrons. The van der Waals surface area contributed by atoms with Gasteiger partial charge in [0.1, 0.15) is 0 Å². The molecular formula is C18H15N5O2. The third kappa shape index (κ3) is 2.40. The number of fused-ring (bicyclic) bond motifs is 2. The fourth-order valence-corrected chi connectivity index (χ4v) is 3.20. The second-order valence-corrected chi connectivity index (χ2v) is 6.01. The van der Waals surface area contributed by atoms with Gasteiger partial charge in [-0.3, -0.25) is 15.1 Å². The molecule has 7 heteroatoms. The van der Waals surface area contributed by atoms with Crippen molar-refractivity contribution in [3.63, 3.8) is 0 Å². The molecule has 3 aliphatic rings. The second kappa shape index (κ2) is 5.61. The highest BCUT2D eigenvalue weighted by molar-refractivity contribution is 6.03. The lowest BCUT2D eigenvalue weighted by Crippen LogP contribution is -2.36. The average Bonchev–Trinajstić information content (AvgIpc) is 3.15. The van der Waals surface area contributed by atoms with Crippen LogP contribution in [-0.2, 0) is 6.54 Å². The van der Waals surface area contributed by atoms with Crippen LogP contribution in [0.25, 0.3) is 5.57 Å². The van der Waals surface area contributed by atoms with Gasteiger partial charge in [-0.1, -0.05) is 18.7 Å². The van der Waals surface area contributed by atoms with Crippen LogP contribution < -0.4 is 5.43 Å². The molecule has 1 atom stereocenters. The largest absolute Gasteiger partial charge is 0.355 e. The molecule has 1 aromatic carbocycles. The first kappa shape index (κ1) is 15.2. The van der Waals surface area contributed by atoms with Gasteiger partial charge in [-0.25, -0.2) is 0 Å². The molecule has 3 aliphatic heterocycles. The summed E-state index contributed by atoms with van der Waals surface area (Å²) in [5.74, 6) is 0.533. The number of aliphatic hydroxyl groups excluding tert-OH is 1. The topological polar surface area (TPSA) is 92.0 Å². The van der Waals surface area contributed by atoms with Gasteiger partial charge in [0.05, 0.1) is 12.6 Å². The highest BCUT2D eigenvalue weighted by atomic mass is 16.3. The van der Waals surface area contributed by atoms with Crippen LogP contribution in [0.1, 0.15) is 21.5 Å². The maximum atomic E-state index is 12.6. The van der Waals surface area contributed by atoms with Gasteiger partial charge in [-0.05, 0) is 34.9 Å². The molecule has 0 saturated carbocycles. The number of carbonyl (C=O) groups is 1. The number of hydrazone groups is 1. The number of hydrogen-bond donors (Lipinski definition) is 2. The molecule has 2 N–H and O–H groups in total. The summed E-state index contributed by atoms with van der Waals surface area (Å²) in [7, 11) is 0. The van der Waals surface area contributed by atoms with E-state index in [0.29, 0.717) is 23.5 Å². The molecule has 0 aromatic heterocycles. The molecule has 4 rings (SSSR count). The standard InChI is InChI=1S/C18H15N5O2/c1-11(7-19)8-22-10-15-13(3-2-4-14(15)17(22)24)12-5-6-16-20-21-18(25)23(16)9-12/h2-6,9,18,21,25H,1,8,10H2. The highest BCUT2D eigenvalue weighted by Crippen LogP contribution is 2.32. The van der Waals surface area contributed by atoms with Crippen molar-refractivity contribution < 1.29 is 9.90 Å². The van der Waals surface area contributed by atoms with Crippen LogP contribution in [0.15, 0.2) is 53.8 Å². The second-order valence-electron chi connectivity index (χ2n) is 6.01. The third-order valence-corrected chi connectivity index (χ3v) is 4.41. The fourth-order valence-electron chi connectivity index (χ4n) is 3.20. The minimum absolute atomic E-state index is 0.0984. The van der Waals surface area contributed by atoms with E-state index < -0.39 is 6.35 Å². The van der Waals surface area contributed by atoms with Crippen LogP contribution in [0.3, 0.4) is 0 Å². The van der Waals surface area contributed by atoms with Crippen molar-refractivity contribution in [2.45, 2.75) is 12.9 Å². The first-order chi connectivity index (χ1) is 12.1. The molecule has 0 aliphatic carbocycles. The van der Waals surface area contributed by atoms with E-state index in [1.165, 1.54) is 0 Å². The summed E-state index contributed by atoms with van der Waals surface area (Å²) in [6, 6.07) is 7.56. The maximum Gasteiger partial charge on any atom is 0.254 e. The summed E-state index contributed by atoms with van der Waals surface area (Å²) in [6.45, 7) is 4.31. The molecule has 3 heterocycles. The van der Waals surface area contributed by atoms with E-state index in [2.05, 4.69) is 17.1 Å². The quantitative estimate of drug-likeness (QED) is 0.809. The summed E-state index contributed by atoms with van der Waals surface area (Å²) in [4.78, 5) is 15.8. The Morgan fingerprint density at radius 3 is 3.04 bits per heavy atom. The Hall–Kier alpha value is -3.37. The smallest absolute Gasteiger partial charge is 0.254 e. The van der Waals surface area contributed by atoms with Crippen LogP contribution in [0.2, 0.25) is 0 Å². The van der Waals surface area contributed by atoms with Crippen LogP contribution >= 0.6 is 0 Å². The Balaban J connectivity index is 1.69. The molecule has 0 spiro atoms. The monoisotopic (exact) mass is 333 g/mol. The average molecular weight is 333 g/mol. The molecule has 7 nitrogen and oxygen atoms in total.